The maximum absolute atomic E-state index is 11.5. The number of rotatable bonds is 5. The fourth-order valence-corrected chi connectivity index (χ4v) is 1.96. The van der Waals surface area contributed by atoms with Gasteiger partial charge in [0.25, 0.3) is 0 Å². The Bertz CT molecular complexity index is 444. The van der Waals surface area contributed by atoms with Crippen LogP contribution < -0.4 is 10.2 Å². The van der Waals surface area contributed by atoms with Gasteiger partial charge < -0.3 is 15.0 Å². The molecular formula is C15H24N2O2. The van der Waals surface area contributed by atoms with Gasteiger partial charge in [-0.25, -0.2) is 0 Å². The number of benzene rings is 1. The highest BCUT2D eigenvalue weighted by Crippen LogP contribution is 2.23. The van der Waals surface area contributed by atoms with Crippen molar-refractivity contribution in [2.45, 2.75) is 26.8 Å². The summed E-state index contributed by atoms with van der Waals surface area (Å²) < 4.78 is 4.76. The molecule has 1 rings (SSSR count). The summed E-state index contributed by atoms with van der Waals surface area (Å²) in [6, 6.07) is 6.22. The quantitative estimate of drug-likeness (QED) is 0.830. The van der Waals surface area contributed by atoms with Gasteiger partial charge in [0.1, 0.15) is 0 Å². The standard InChI is InChI=1S/C15H24N2O2/c1-10-7-8-13(9-14(10)17(4)5)16-12(3)11(2)15(18)19-6/h7-9,11-12,16H,1-6H3. The van der Waals surface area contributed by atoms with E-state index in [-0.39, 0.29) is 17.9 Å². The topological polar surface area (TPSA) is 41.6 Å². The highest BCUT2D eigenvalue weighted by Gasteiger charge is 2.20. The molecule has 1 aromatic carbocycles. The first-order chi connectivity index (χ1) is 8.86. The number of methoxy groups -OCH3 is 1. The highest BCUT2D eigenvalue weighted by molar-refractivity contribution is 5.73. The summed E-state index contributed by atoms with van der Waals surface area (Å²) in [5.41, 5.74) is 3.41. The predicted molar refractivity (Wildman–Crippen MR) is 79.8 cm³/mol. The largest absolute Gasteiger partial charge is 0.469 e. The SMILES string of the molecule is COC(=O)C(C)C(C)Nc1ccc(C)c(N(C)C)c1. The Kier molecular flexibility index (Phi) is 5.21. The molecule has 1 aromatic rings. The zero-order valence-corrected chi connectivity index (χ0v) is 12.7. The normalized spacial score (nSPS) is 13.6. The monoisotopic (exact) mass is 264 g/mol. The molecule has 0 amide bonds. The fourth-order valence-electron chi connectivity index (χ4n) is 1.96. The van der Waals surface area contributed by atoms with Crippen LogP contribution in [-0.2, 0) is 9.53 Å². The molecule has 4 nitrogen and oxygen atoms in total. The smallest absolute Gasteiger partial charge is 0.310 e. The number of ether oxygens (including phenoxy) is 1. The minimum Gasteiger partial charge on any atom is -0.469 e. The second-order valence-electron chi connectivity index (χ2n) is 5.14. The van der Waals surface area contributed by atoms with E-state index in [1.807, 2.05) is 34.0 Å². The van der Waals surface area contributed by atoms with Crippen molar-refractivity contribution in [2.75, 3.05) is 31.4 Å². The summed E-state index contributed by atoms with van der Waals surface area (Å²) in [7, 11) is 5.46. The van der Waals surface area contributed by atoms with Gasteiger partial charge in [-0.1, -0.05) is 6.07 Å². The van der Waals surface area contributed by atoms with Crippen LogP contribution >= 0.6 is 0 Å². The van der Waals surface area contributed by atoms with Crippen molar-refractivity contribution < 1.29 is 9.53 Å². The van der Waals surface area contributed by atoms with E-state index in [2.05, 4.69) is 29.3 Å². The number of aryl methyl sites for hydroxylation is 1. The first-order valence-electron chi connectivity index (χ1n) is 6.49. The van der Waals surface area contributed by atoms with Gasteiger partial charge in [-0.05, 0) is 38.5 Å². The maximum Gasteiger partial charge on any atom is 0.310 e. The molecule has 0 aliphatic heterocycles. The second-order valence-corrected chi connectivity index (χ2v) is 5.14. The third-order valence-electron chi connectivity index (χ3n) is 3.41. The van der Waals surface area contributed by atoms with Gasteiger partial charge in [0.2, 0.25) is 0 Å². The summed E-state index contributed by atoms with van der Waals surface area (Å²) >= 11 is 0. The second kappa shape index (κ2) is 6.45. The lowest BCUT2D eigenvalue weighted by Crippen LogP contribution is -2.30. The molecule has 0 radical (unpaired) electrons. The van der Waals surface area contributed by atoms with Crippen molar-refractivity contribution in [1.82, 2.24) is 0 Å². The summed E-state index contributed by atoms with van der Waals surface area (Å²) in [4.78, 5) is 13.6. The molecule has 0 aliphatic carbocycles. The Morgan fingerprint density at radius 3 is 2.47 bits per heavy atom. The molecule has 2 atom stereocenters. The van der Waals surface area contributed by atoms with Crippen molar-refractivity contribution >= 4 is 17.3 Å². The van der Waals surface area contributed by atoms with Crippen LogP contribution in [0.5, 0.6) is 0 Å². The molecule has 2 unspecified atom stereocenters. The van der Waals surface area contributed by atoms with Crippen molar-refractivity contribution in [3.63, 3.8) is 0 Å². The number of hydrogen-bond acceptors (Lipinski definition) is 4. The van der Waals surface area contributed by atoms with Crippen LogP contribution in [0.15, 0.2) is 18.2 Å². The summed E-state index contributed by atoms with van der Waals surface area (Å²) in [6.07, 6.45) is 0. The molecule has 19 heavy (non-hydrogen) atoms. The predicted octanol–water partition coefficient (Wildman–Crippen LogP) is 2.67. The van der Waals surface area contributed by atoms with Crippen LogP contribution in [0, 0.1) is 12.8 Å². The van der Waals surface area contributed by atoms with E-state index < -0.39 is 0 Å². The molecule has 0 saturated heterocycles. The van der Waals surface area contributed by atoms with Crippen LogP contribution in [0.3, 0.4) is 0 Å². The first kappa shape index (κ1) is 15.3. The van der Waals surface area contributed by atoms with E-state index in [9.17, 15) is 4.79 Å². The Balaban J connectivity index is 2.82. The van der Waals surface area contributed by atoms with Gasteiger partial charge in [-0.2, -0.15) is 0 Å². The molecule has 0 heterocycles. The van der Waals surface area contributed by atoms with E-state index in [4.69, 9.17) is 4.74 Å². The Morgan fingerprint density at radius 1 is 1.32 bits per heavy atom. The Morgan fingerprint density at radius 2 is 1.95 bits per heavy atom. The number of esters is 1. The molecule has 106 valence electrons. The number of nitrogens with one attached hydrogen (secondary N) is 1. The molecular weight excluding hydrogens is 240 g/mol. The van der Waals surface area contributed by atoms with E-state index in [0.717, 1.165) is 5.69 Å². The highest BCUT2D eigenvalue weighted by atomic mass is 16.5. The van der Waals surface area contributed by atoms with Crippen LogP contribution in [0.25, 0.3) is 0 Å². The van der Waals surface area contributed by atoms with Gasteiger partial charge in [0, 0.05) is 31.5 Å². The van der Waals surface area contributed by atoms with E-state index in [1.165, 1.54) is 18.4 Å². The van der Waals surface area contributed by atoms with Gasteiger partial charge in [0.15, 0.2) is 0 Å². The summed E-state index contributed by atoms with van der Waals surface area (Å²) in [5, 5.41) is 3.35. The lowest BCUT2D eigenvalue weighted by molar-refractivity contribution is -0.145. The van der Waals surface area contributed by atoms with Gasteiger partial charge in [-0.3, -0.25) is 4.79 Å². The number of nitrogens with zero attached hydrogens (tertiary/aromatic N) is 1. The molecule has 0 aromatic heterocycles. The summed E-state index contributed by atoms with van der Waals surface area (Å²) in [5.74, 6) is -0.381. The van der Waals surface area contributed by atoms with Gasteiger partial charge >= 0.3 is 5.97 Å². The average Bonchev–Trinajstić information content (AvgIpc) is 2.38. The van der Waals surface area contributed by atoms with Crippen LogP contribution in [0.1, 0.15) is 19.4 Å². The van der Waals surface area contributed by atoms with Gasteiger partial charge in [0.05, 0.1) is 13.0 Å². The molecule has 0 saturated carbocycles. The summed E-state index contributed by atoms with van der Waals surface area (Å²) in [6.45, 7) is 5.93. The number of carbonyl (C=O) groups is 1. The van der Waals surface area contributed by atoms with Crippen molar-refractivity contribution in [2.24, 2.45) is 5.92 Å². The zero-order chi connectivity index (χ0) is 14.6. The number of anilines is 2. The fraction of sp³-hybridized carbons (Fsp3) is 0.533. The third kappa shape index (κ3) is 3.88. The Hall–Kier alpha value is -1.71. The van der Waals surface area contributed by atoms with Crippen molar-refractivity contribution in [3.8, 4) is 0 Å². The van der Waals surface area contributed by atoms with E-state index in [1.54, 1.807) is 0 Å². The first-order valence-corrected chi connectivity index (χ1v) is 6.49. The van der Waals surface area contributed by atoms with Crippen molar-refractivity contribution in [3.05, 3.63) is 23.8 Å². The van der Waals surface area contributed by atoms with Crippen LogP contribution in [-0.4, -0.2) is 33.2 Å². The number of carbonyl (C=O) groups excluding carboxylic acids is 1. The van der Waals surface area contributed by atoms with Crippen LogP contribution in [0.4, 0.5) is 11.4 Å². The molecule has 0 aliphatic rings. The molecule has 0 bridgehead atoms. The maximum atomic E-state index is 11.5. The number of hydrogen-bond donors (Lipinski definition) is 1. The molecule has 0 spiro atoms. The van der Waals surface area contributed by atoms with E-state index in [0.29, 0.717) is 0 Å². The molecule has 0 fully saturated rings. The zero-order valence-electron chi connectivity index (χ0n) is 12.7. The third-order valence-corrected chi connectivity index (χ3v) is 3.41. The average molecular weight is 264 g/mol. The minimum atomic E-state index is -0.194. The Labute approximate surface area is 115 Å². The van der Waals surface area contributed by atoms with Crippen LogP contribution in [0.2, 0.25) is 0 Å². The minimum absolute atomic E-state index is 0.0187. The molecule has 1 N–H and O–H groups in total. The van der Waals surface area contributed by atoms with Crippen molar-refractivity contribution in [1.29, 1.82) is 0 Å². The molecule has 4 heteroatoms. The lowest BCUT2D eigenvalue weighted by atomic mass is 10.0. The van der Waals surface area contributed by atoms with E-state index >= 15 is 0 Å². The van der Waals surface area contributed by atoms with Gasteiger partial charge in [-0.15, -0.1) is 0 Å². The lowest BCUT2D eigenvalue weighted by Gasteiger charge is -2.22.